The van der Waals surface area contributed by atoms with Gasteiger partial charge in [0.15, 0.2) is 0 Å². The van der Waals surface area contributed by atoms with Crippen LogP contribution in [0.25, 0.3) is 0 Å². The Labute approximate surface area is 120 Å². The molecule has 2 rings (SSSR count). The van der Waals surface area contributed by atoms with Crippen molar-refractivity contribution in [2.75, 3.05) is 5.32 Å². The first-order valence-corrected chi connectivity index (χ1v) is 6.85. The molecular formula is C15H22N4O. The minimum atomic E-state index is 0.0980. The zero-order valence-corrected chi connectivity index (χ0v) is 12.7. The van der Waals surface area contributed by atoms with E-state index in [4.69, 9.17) is 4.74 Å². The minimum Gasteiger partial charge on any atom is -0.473 e. The molecule has 0 aromatic carbocycles. The van der Waals surface area contributed by atoms with Gasteiger partial charge >= 0.3 is 0 Å². The van der Waals surface area contributed by atoms with E-state index in [0.29, 0.717) is 5.88 Å². The van der Waals surface area contributed by atoms with Gasteiger partial charge in [0.05, 0.1) is 23.5 Å². The lowest BCUT2D eigenvalue weighted by atomic mass is 10.1. The van der Waals surface area contributed by atoms with E-state index in [0.717, 1.165) is 11.4 Å². The van der Waals surface area contributed by atoms with E-state index in [9.17, 15) is 0 Å². The Morgan fingerprint density at radius 2 is 2.05 bits per heavy atom. The van der Waals surface area contributed by atoms with Crippen LogP contribution in [0, 0.1) is 6.92 Å². The lowest BCUT2D eigenvalue weighted by molar-refractivity contribution is 0.234. The van der Waals surface area contributed by atoms with Gasteiger partial charge in [0.2, 0.25) is 5.88 Å². The molecule has 0 radical (unpaired) electrons. The highest BCUT2D eigenvalue weighted by Gasteiger charge is 2.14. The predicted molar refractivity (Wildman–Crippen MR) is 80.0 cm³/mol. The first kappa shape index (κ1) is 14.4. The number of hydrogen-bond acceptors (Lipinski definition) is 4. The van der Waals surface area contributed by atoms with Crippen molar-refractivity contribution in [3.8, 4) is 5.88 Å². The number of pyridine rings is 1. The molecule has 2 heterocycles. The molecule has 1 atom stereocenters. The first-order chi connectivity index (χ1) is 9.47. The van der Waals surface area contributed by atoms with Crippen LogP contribution in [0.15, 0.2) is 24.5 Å². The molecule has 5 heteroatoms. The molecule has 0 saturated carbocycles. The van der Waals surface area contributed by atoms with Crippen molar-refractivity contribution in [1.29, 1.82) is 0 Å². The second-order valence-corrected chi connectivity index (χ2v) is 5.23. The molecule has 108 valence electrons. The molecule has 0 aliphatic heterocycles. The van der Waals surface area contributed by atoms with Crippen molar-refractivity contribution in [1.82, 2.24) is 14.8 Å². The summed E-state index contributed by atoms with van der Waals surface area (Å²) in [7, 11) is 1.93. The zero-order chi connectivity index (χ0) is 14.7. The lowest BCUT2D eigenvalue weighted by Gasteiger charge is -2.18. The van der Waals surface area contributed by atoms with E-state index in [2.05, 4.69) is 22.3 Å². The van der Waals surface area contributed by atoms with Gasteiger partial charge in [-0.15, -0.1) is 0 Å². The molecule has 0 spiro atoms. The number of nitrogens with one attached hydrogen (secondary N) is 1. The Kier molecular flexibility index (Phi) is 4.27. The smallest absolute Gasteiger partial charge is 0.237 e. The molecule has 1 N–H and O–H groups in total. The average Bonchev–Trinajstić information content (AvgIpc) is 2.70. The van der Waals surface area contributed by atoms with Crippen molar-refractivity contribution in [2.45, 2.75) is 39.8 Å². The monoisotopic (exact) mass is 274 g/mol. The number of rotatable bonds is 5. The third kappa shape index (κ3) is 3.29. The third-order valence-electron chi connectivity index (χ3n) is 3.01. The third-order valence-corrected chi connectivity index (χ3v) is 3.01. The molecule has 0 aliphatic carbocycles. The molecule has 1 unspecified atom stereocenters. The van der Waals surface area contributed by atoms with Gasteiger partial charge in [-0.2, -0.15) is 5.10 Å². The summed E-state index contributed by atoms with van der Waals surface area (Å²) in [6.45, 7) is 8.11. The highest BCUT2D eigenvalue weighted by molar-refractivity contribution is 5.53. The molecule has 0 aliphatic rings. The van der Waals surface area contributed by atoms with Crippen LogP contribution in [-0.4, -0.2) is 20.9 Å². The summed E-state index contributed by atoms with van der Waals surface area (Å²) in [5.74, 6) is 0.635. The van der Waals surface area contributed by atoms with Gasteiger partial charge < -0.3 is 10.1 Å². The van der Waals surface area contributed by atoms with E-state index in [-0.39, 0.29) is 12.1 Å². The Balaban J connectivity index is 2.19. The van der Waals surface area contributed by atoms with Crippen LogP contribution < -0.4 is 10.1 Å². The fourth-order valence-corrected chi connectivity index (χ4v) is 2.17. The van der Waals surface area contributed by atoms with Crippen LogP contribution >= 0.6 is 0 Å². The van der Waals surface area contributed by atoms with Gasteiger partial charge in [0.25, 0.3) is 0 Å². The van der Waals surface area contributed by atoms with Crippen LogP contribution in [0.4, 0.5) is 5.69 Å². The molecule has 0 amide bonds. The largest absolute Gasteiger partial charge is 0.473 e. The van der Waals surface area contributed by atoms with Gasteiger partial charge in [-0.05, 0) is 39.8 Å². The number of aryl methyl sites for hydroxylation is 2. The fraction of sp³-hybridized carbons (Fsp3) is 0.467. The summed E-state index contributed by atoms with van der Waals surface area (Å²) in [6, 6.07) is 4.02. The van der Waals surface area contributed by atoms with Gasteiger partial charge in [-0.1, -0.05) is 0 Å². The molecular weight excluding hydrogens is 252 g/mol. The maximum absolute atomic E-state index is 5.72. The number of aromatic nitrogens is 3. The van der Waals surface area contributed by atoms with E-state index in [1.807, 2.05) is 50.8 Å². The van der Waals surface area contributed by atoms with Crippen LogP contribution in [0.5, 0.6) is 5.88 Å². The summed E-state index contributed by atoms with van der Waals surface area (Å²) >= 11 is 0. The standard InChI is InChI=1S/C15H22N4O/c1-10(2)20-15-14(7-6-8-16-15)17-11(3)13-9-19(5)18-12(13)4/h6-11,17H,1-5H3. The number of anilines is 1. The SMILES string of the molecule is Cc1nn(C)cc1C(C)Nc1cccnc1OC(C)C. The topological polar surface area (TPSA) is 52.0 Å². The van der Waals surface area contributed by atoms with Gasteiger partial charge in [-0.3, -0.25) is 4.68 Å². The van der Waals surface area contributed by atoms with Crippen LogP contribution in [-0.2, 0) is 7.05 Å². The van der Waals surface area contributed by atoms with Gasteiger partial charge in [0.1, 0.15) is 0 Å². The van der Waals surface area contributed by atoms with E-state index < -0.39 is 0 Å². The number of ether oxygens (including phenoxy) is 1. The van der Waals surface area contributed by atoms with E-state index >= 15 is 0 Å². The molecule has 5 nitrogen and oxygen atoms in total. The van der Waals surface area contributed by atoms with Crippen molar-refractivity contribution >= 4 is 5.69 Å². The van der Waals surface area contributed by atoms with Gasteiger partial charge in [-0.25, -0.2) is 4.98 Å². The maximum atomic E-state index is 5.72. The van der Waals surface area contributed by atoms with Gasteiger partial charge in [0, 0.05) is 25.0 Å². The van der Waals surface area contributed by atoms with Crippen molar-refractivity contribution in [3.05, 3.63) is 35.8 Å². The predicted octanol–water partition coefficient (Wildman–Crippen LogP) is 3.08. The summed E-state index contributed by atoms with van der Waals surface area (Å²) in [5.41, 5.74) is 3.10. The highest BCUT2D eigenvalue weighted by Crippen LogP contribution is 2.27. The first-order valence-electron chi connectivity index (χ1n) is 6.85. The van der Waals surface area contributed by atoms with Crippen molar-refractivity contribution in [3.63, 3.8) is 0 Å². The molecule has 0 saturated heterocycles. The Hall–Kier alpha value is -2.04. The average molecular weight is 274 g/mol. The van der Waals surface area contributed by atoms with Crippen molar-refractivity contribution < 1.29 is 4.74 Å². The minimum absolute atomic E-state index is 0.0980. The molecule has 2 aromatic heterocycles. The van der Waals surface area contributed by atoms with Crippen LogP contribution in [0.3, 0.4) is 0 Å². The normalized spacial score (nSPS) is 12.5. The highest BCUT2D eigenvalue weighted by atomic mass is 16.5. The van der Waals surface area contributed by atoms with E-state index in [1.165, 1.54) is 5.56 Å². The molecule has 0 fully saturated rings. The summed E-state index contributed by atoms with van der Waals surface area (Å²) in [4.78, 5) is 4.29. The Bertz CT molecular complexity index is 577. The lowest BCUT2D eigenvalue weighted by Crippen LogP contribution is -2.12. The fourth-order valence-electron chi connectivity index (χ4n) is 2.17. The molecule has 2 aromatic rings. The zero-order valence-electron chi connectivity index (χ0n) is 12.7. The molecule has 20 heavy (non-hydrogen) atoms. The number of nitrogens with zero attached hydrogens (tertiary/aromatic N) is 3. The maximum Gasteiger partial charge on any atom is 0.237 e. The van der Waals surface area contributed by atoms with Crippen LogP contribution in [0.1, 0.15) is 38.1 Å². The van der Waals surface area contributed by atoms with Crippen molar-refractivity contribution in [2.24, 2.45) is 7.05 Å². The Morgan fingerprint density at radius 3 is 2.65 bits per heavy atom. The summed E-state index contributed by atoms with van der Waals surface area (Å²) in [5, 5.41) is 7.82. The number of hydrogen-bond donors (Lipinski definition) is 1. The molecule has 0 bridgehead atoms. The van der Waals surface area contributed by atoms with E-state index in [1.54, 1.807) is 6.20 Å². The van der Waals surface area contributed by atoms with Crippen LogP contribution in [0.2, 0.25) is 0 Å². The second-order valence-electron chi connectivity index (χ2n) is 5.23. The Morgan fingerprint density at radius 1 is 1.30 bits per heavy atom. The summed E-state index contributed by atoms with van der Waals surface area (Å²) < 4.78 is 7.55. The second kappa shape index (κ2) is 5.94. The summed E-state index contributed by atoms with van der Waals surface area (Å²) in [6.07, 6.45) is 3.87. The quantitative estimate of drug-likeness (QED) is 0.910.